The molecule has 94 valence electrons. The Morgan fingerprint density at radius 1 is 0.947 bits per heavy atom. The number of carbonyl (C=O) groups excluding carboxylic acids is 1. The van der Waals surface area contributed by atoms with Gasteiger partial charge in [-0.05, 0) is 12.1 Å². The summed E-state index contributed by atoms with van der Waals surface area (Å²) in [5, 5.41) is 1.89. The van der Waals surface area contributed by atoms with E-state index in [0.29, 0.717) is 5.75 Å². The molecule has 0 atom stereocenters. The van der Waals surface area contributed by atoms with E-state index in [1.165, 1.54) is 6.92 Å². The van der Waals surface area contributed by atoms with Gasteiger partial charge in [0.15, 0.2) is 5.75 Å². The fourth-order valence-corrected chi connectivity index (χ4v) is 2.44. The number of esters is 1. The van der Waals surface area contributed by atoms with Gasteiger partial charge in [0, 0.05) is 19.1 Å². The van der Waals surface area contributed by atoms with E-state index in [9.17, 15) is 4.79 Å². The van der Waals surface area contributed by atoms with Crippen molar-refractivity contribution in [1.29, 1.82) is 0 Å². The molecule has 3 rings (SSSR count). The second-order valence-corrected chi connectivity index (χ2v) is 4.52. The molecule has 3 nitrogen and oxygen atoms in total. The first kappa shape index (κ1) is 11.7. The minimum absolute atomic E-state index is 0.302. The van der Waals surface area contributed by atoms with Gasteiger partial charge in [-0.1, -0.05) is 24.3 Å². The monoisotopic (exact) mass is 252 g/mol. The Labute approximate surface area is 111 Å². The van der Waals surface area contributed by atoms with Crippen molar-refractivity contribution in [3.63, 3.8) is 0 Å². The Morgan fingerprint density at radius 2 is 1.42 bits per heavy atom. The smallest absolute Gasteiger partial charge is 0.308 e. The van der Waals surface area contributed by atoms with Gasteiger partial charge in [0.05, 0.1) is 10.8 Å². The fraction of sp³-hybridized carbons (Fsp3) is 0.125. The van der Waals surface area contributed by atoms with Gasteiger partial charge < -0.3 is 4.74 Å². The van der Waals surface area contributed by atoms with Gasteiger partial charge in [0.25, 0.3) is 0 Å². The largest absolute Gasteiger partial charge is 0.425 e. The Kier molecular flexibility index (Phi) is 2.67. The SMILES string of the molecule is CC(=O)Oc1c2ccccc2[n+](C)c2ccccc12. The zero-order valence-corrected chi connectivity index (χ0v) is 10.9. The molecule has 2 aromatic carbocycles. The van der Waals surface area contributed by atoms with Gasteiger partial charge in [-0.15, -0.1) is 0 Å². The van der Waals surface area contributed by atoms with Crippen molar-refractivity contribution in [3.8, 4) is 5.75 Å². The summed E-state index contributed by atoms with van der Waals surface area (Å²) in [5.74, 6) is 0.334. The van der Waals surface area contributed by atoms with E-state index in [0.717, 1.165) is 21.8 Å². The Morgan fingerprint density at radius 3 is 1.89 bits per heavy atom. The molecule has 0 aliphatic carbocycles. The Bertz CT molecular complexity index is 736. The van der Waals surface area contributed by atoms with Crippen LogP contribution in [-0.4, -0.2) is 5.97 Å². The van der Waals surface area contributed by atoms with Crippen LogP contribution in [0.4, 0.5) is 0 Å². The van der Waals surface area contributed by atoms with Crippen LogP contribution in [0.2, 0.25) is 0 Å². The lowest BCUT2D eigenvalue weighted by Crippen LogP contribution is -2.30. The van der Waals surface area contributed by atoms with Crippen molar-refractivity contribution in [2.45, 2.75) is 6.92 Å². The number of aryl methyl sites for hydroxylation is 1. The summed E-state index contributed by atoms with van der Waals surface area (Å²) < 4.78 is 7.55. The van der Waals surface area contributed by atoms with E-state index in [1.54, 1.807) is 0 Å². The Hall–Kier alpha value is -2.42. The summed E-state index contributed by atoms with van der Waals surface area (Å²) in [6.45, 7) is 1.43. The van der Waals surface area contributed by atoms with Crippen LogP contribution in [0.1, 0.15) is 6.92 Å². The van der Waals surface area contributed by atoms with Gasteiger partial charge in [-0.2, -0.15) is 4.57 Å². The van der Waals surface area contributed by atoms with Crippen molar-refractivity contribution in [1.82, 2.24) is 0 Å². The number of fused-ring (bicyclic) bond motifs is 2. The highest BCUT2D eigenvalue weighted by Gasteiger charge is 2.19. The molecule has 3 heteroatoms. The first-order valence-electron chi connectivity index (χ1n) is 6.16. The van der Waals surface area contributed by atoms with Gasteiger partial charge >= 0.3 is 5.97 Å². The van der Waals surface area contributed by atoms with Crippen molar-refractivity contribution in [2.24, 2.45) is 7.05 Å². The molecule has 0 amide bonds. The molecule has 3 aromatic rings. The predicted molar refractivity (Wildman–Crippen MR) is 73.9 cm³/mol. The number of hydrogen-bond acceptors (Lipinski definition) is 2. The lowest BCUT2D eigenvalue weighted by Gasteiger charge is -2.09. The predicted octanol–water partition coefficient (Wildman–Crippen LogP) is 2.74. The highest BCUT2D eigenvalue weighted by atomic mass is 16.5. The summed E-state index contributed by atoms with van der Waals surface area (Å²) >= 11 is 0. The zero-order valence-electron chi connectivity index (χ0n) is 10.9. The van der Waals surface area contributed by atoms with Crippen molar-refractivity contribution < 1.29 is 14.1 Å². The van der Waals surface area contributed by atoms with E-state index in [4.69, 9.17) is 4.74 Å². The topological polar surface area (TPSA) is 30.2 Å². The maximum Gasteiger partial charge on any atom is 0.308 e. The first-order chi connectivity index (χ1) is 9.18. The van der Waals surface area contributed by atoms with E-state index in [2.05, 4.69) is 4.57 Å². The van der Waals surface area contributed by atoms with Gasteiger partial charge in [-0.25, -0.2) is 0 Å². The number of aromatic nitrogens is 1. The quantitative estimate of drug-likeness (QED) is 0.379. The molecule has 0 saturated carbocycles. The average Bonchev–Trinajstić information content (AvgIpc) is 2.43. The van der Waals surface area contributed by atoms with Crippen LogP contribution in [0.3, 0.4) is 0 Å². The molecule has 1 aromatic heterocycles. The third-order valence-electron chi connectivity index (χ3n) is 3.27. The molecular weight excluding hydrogens is 238 g/mol. The van der Waals surface area contributed by atoms with Gasteiger partial charge in [0.1, 0.15) is 7.05 Å². The molecule has 0 N–H and O–H groups in total. The fourth-order valence-electron chi connectivity index (χ4n) is 2.44. The molecule has 0 fully saturated rings. The number of benzene rings is 2. The summed E-state index contributed by atoms with van der Waals surface area (Å²) in [6.07, 6.45) is 0. The van der Waals surface area contributed by atoms with E-state index < -0.39 is 0 Å². The molecule has 1 heterocycles. The number of carbonyl (C=O) groups is 1. The third-order valence-corrected chi connectivity index (χ3v) is 3.27. The molecule has 0 aliphatic rings. The normalized spacial score (nSPS) is 10.8. The van der Waals surface area contributed by atoms with Crippen LogP contribution in [-0.2, 0) is 11.8 Å². The van der Waals surface area contributed by atoms with Crippen LogP contribution >= 0.6 is 0 Å². The maximum atomic E-state index is 11.4. The zero-order chi connectivity index (χ0) is 13.4. The molecule has 0 bridgehead atoms. The molecule has 0 unspecified atom stereocenters. The summed E-state index contributed by atoms with van der Waals surface area (Å²) in [7, 11) is 2.02. The number of rotatable bonds is 1. The summed E-state index contributed by atoms with van der Waals surface area (Å²) in [6, 6.07) is 15.8. The standard InChI is InChI=1S/C16H14NO2/c1-11(18)19-16-12-7-3-5-9-14(12)17(2)15-10-6-4-8-13(15)16/h3-10H,1-2H3/q+1. The second kappa shape index (κ2) is 4.35. The van der Waals surface area contributed by atoms with Crippen LogP contribution < -0.4 is 9.30 Å². The van der Waals surface area contributed by atoms with Crippen LogP contribution in [0.5, 0.6) is 5.75 Å². The molecule has 0 aliphatic heterocycles. The van der Waals surface area contributed by atoms with Crippen molar-refractivity contribution in [2.75, 3.05) is 0 Å². The molecule has 0 spiro atoms. The van der Waals surface area contributed by atoms with Crippen molar-refractivity contribution in [3.05, 3.63) is 48.5 Å². The molecular formula is C16H14NO2+. The van der Waals surface area contributed by atoms with Crippen LogP contribution in [0.15, 0.2) is 48.5 Å². The number of para-hydroxylation sites is 2. The highest BCUT2D eigenvalue weighted by molar-refractivity contribution is 5.99. The lowest BCUT2D eigenvalue weighted by molar-refractivity contribution is -0.617. The van der Waals surface area contributed by atoms with Crippen LogP contribution in [0, 0.1) is 0 Å². The van der Waals surface area contributed by atoms with Crippen LogP contribution in [0.25, 0.3) is 21.8 Å². The van der Waals surface area contributed by atoms with E-state index in [1.807, 2.05) is 55.6 Å². The molecule has 0 saturated heterocycles. The maximum absolute atomic E-state index is 11.4. The molecule has 0 radical (unpaired) electrons. The second-order valence-electron chi connectivity index (χ2n) is 4.52. The summed E-state index contributed by atoms with van der Waals surface area (Å²) in [4.78, 5) is 11.4. The van der Waals surface area contributed by atoms with E-state index in [-0.39, 0.29) is 5.97 Å². The summed E-state index contributed by atoms with van der Waals surface area (Å²) in [5.41, 5.74) is 2.08. The van der Waals surface area contributed by atoms with Crippen molar-refractivity contribution >= 4 is 27.8 Å². The average molecular weight is 252 g/mol. The highest BCUT2D eigenvalue weighted by Crippen LogP contribution is 2.31. The molecule has 19 heavy (non-hydrogen) atoms. The lowest BCUT2D eigenvalue weighted by atomic mass is 10.1. The first-order valence-corrected chi connectivity index (χ1v) is 6.16. The number of nitrogens with zero attached hydrogens (tertiary/aromatic N) is 1. The number of hydrogen-bond donors (Lipinski definition) is 0. The van der Waals surface area contributed by atoms with Gasteiger partial charge in [0.2, 0.25) is 11.0 Å². The minimum atomic E-state index is -0.302. The number of pyridine rings is 1. The minimum Gasteiger partial charge on any atom is -0.425 e. The number of ether oxygens (including phenoxy) is 1. The Balaban J connectivity index is 2.52. The van der Waals surface area contributed by atoms with E-state index >= 15 is 0 Å². The van der Waals surface area contributed by atoms with Gasteiger partial charge in [-0.3, -0.25) is 4.79 Å². The third kappa shape index (κ3) is 1.83.